The van der Waals surface area contributed by atoms with Crippen molar-refractivity contribution < 1.29 is 4.79 Å². The number of halogens is 1. The molecule has 0 radical (unpaired) electrons. The lowest BCUT2D eigenvalue weighted by Crippen LogP contribution is -2.14. The van der Waals surface area contributed by atoms with Gasteiger partial charge in [-0.1, -0.05) is 41.9 Å². The zero-order valence-corrected chi connectivity index (χ0v) is 16.2. The van der Waals surface area contributed by atoms with Crippen molar-refractivity contribution in [3.63, 3.8) is 0 Å². The summed E-state index contributed by atoms with van der Waals surface area (Å²) in [6.45, 7) is 3.23. The summed E-state index contributed by atoms with van der Waals surface area (Å²) in [5.74, 6) is -0.0823. The molecule has 0 unspecified atom stereocenters. The first-order valence-electron chi connectivity index (χ1n) is 9.07. The highest BCUT2D eigenvalue weighted by Gasteiger charge is 2.09. The van der Waals surface area contributed by atoms with Crippen LogP contribution in [0.5, 0.6) is 0 Å². The number of hydrogen-bond donors (Lipinski definition) is 1. The van der Waals surface area contributed by atoms with E-state index < -0.39 is 0 Å². The van der Waals surface area contributed by atoms with Crippen LogP contribution in [0.2, 0.25) is 5.02 Å². The van der Waals surface area contributed by atoms with Gasteiger partial charge in [0.15, 0.2) is 0 Å². The fraction of sp³-hybridized carbons (Fsp3) is 0.190. The molecule has 0 spiro atoms. The molecule has 1 N–H and O–H groups in total. The van der Waals surface area contributed by atoms with Crippen molar-refractivity contribution >= 4 is 34.1 Å². The van der Waals surface area contributed by atoms with Crippen LogP contribution in [0.3, 0.4) is 0 Å². The minimum absolute atomic E-state index is 0.0823. The van der Waals surface area contributed by atoms with Gasteiger partial charge in [-0.25, -0.2) is 0 Å². The van der Waals surface area contributed by atoms with Gasteiger partial charge in [0.1, 0.15) is 0 Å². The summed E-state index contributed by atoms with van der Waals surface area (Å²) in [4.78, 5) is 12.3. The SMILES string of the molecule is Cc1ccccc1Cn1cc(NC(=O)CCn2ncc3c(Cl)cccc32)cn1. The third-order valence-corrected chi connectivity index (χ3v) is 5.03. The van der Waals surface area contributed by atoms with Gasteiger partial charge in [0, 0.05) is 18.0 Å². The second-order valence-corrected chi connectivity index (χ2v) is 7.10. The molecule has 0 aliphatic rings. The Bertz CT molecular complexity index is 1130. The van der Waals surface area contributed by atoms with Gasteiger partial charge in [0.2, 0.25) is 5.91 Å². The fourth-order valence-corrected chi connectivity index (χ4v) is 3.37. The molecule has 0 fully saturated rings. The maximum atomic E-state index is 12.3. The first-order chi connectivity index (χ1) is 13.6. The molecule has 2 aromatic heterocycles. The molecule has 0 atom stereocenters. The van der Waals surface area contributed by atoms with E-state index in [0.717, 1.165) is 10.9 Å². The molecule has 0 bridgehead atoms. The Hall–Kier alpha value is -3.12. The van der Waals surface area contributed by atoms with Gasteiger partial charge < -0.3 is 5.32 Å². The standard InChI is InChI=1S/C21H20ClN5O/c1-15-5-2-3-6-16(15)13-26-14-17(11-23-26)25-21(28)9-10-27-20-8-4-7-19(22)18(20)12-24-27/h2-8,11-12,14H,9-10,13H2,1H3,(H,25,28). The number of carbonyl (C=O) groups is 1. The zero-order valence-electron chi connectivity index (χ0n) is 15.5. The topological polar surface area (TPSA) is 64.7 Å². The number of benzene rings is 2. The van der Waals surface area contributed by atoms with Crippen LogP contribution in [0.15, 0.2) is 61.1 Å². The number of rotatable bonds is 6. The van der Waals surface area contributed by atoms with E-state index in [0.29, 0.717) is 30.2 Å². The Morgan fingerprint density at radius 3 is 2.82 bits per heavy atom. The van der Waals surface area contributed by atoms with E-state index in [1.807, 2.05) is 41.2 Å². The van der Waals surface area contributed by atoms with Crippen LogP contribution in [0.1, 0.15) is 17.5 Å². The molecule has 0 aliphatic carbocycles. The highest BCUT2D eigenvalue weighted by atomic mass is 35.5. The molecule has 0 aliphatic heterocycles. The van der Waals surface area contributed by atoms with Crippen molar-refractivity contribution in [1.29, 1.82) is 0 Å². The van der Waals surface area contributed by atoms with E-state index in [2.05, 4.69) is 34.6 Å². The van der Waals surface area contributed by atoms with Gasteiger partial charge in [-0.15, -0.1) is 0 Å². The van der Waals surface area contributed by atoms with Gasteiger partial charge in [0.25, 0.3) is 0 Å². The maximum Gasteiger partial charge on any atom is 0.226 e. The average Bonchev–Trinajstić information content (AvgIpc) is 3.29. The molecule has 0 saturated heterocycles. The van der Waals surface area contributed by atoms with Gasteiger partial charge in [-0.05, 0) is 30.2 Å². The van der Waals surface area contributed by atoms with E-state index in [1.165, 1.54) is 11.1 Å². The Kier molecular flexibility index (Phi) is 5.12. The van der Waals surface area contributed by atoms with Crippen LogP contribution < -0.4 is 5.32 Å². The number of aryl methyl sites for hydroxylation is 2. The van der Waals surface area contributed by atoms with Crippen molar-refractivity contribution in [2.24, 2.45) is 0 Å². The quantitative estimate of drug-likeness (QED) is 0.532. The summed E-state index contributed by atoms with van der Waals surface area (Å²) in [6, 6.07) is 13.8. The Labute approximate surface area is 167 Å². The smallest absolute Gasteiger partial charge is 0.226 e. The lowest BCUT2D eigenvalue weighted by atomic mass is 10.1. The Morgan fingerprint density at radius 1 is 1.11 bits per heavy atom. The van der Waals surface area contributed by atoms with Crippen LogP contribution in [-0.2, 0) is 17.9 Å². The number of nitrogens with zero attached hydrogens (tertiary/aromatic N) is 4. The van der Waals surface area contributed by atoms with Crippen LogP contribution in [0.25, 0.3) is 10.9 Å². The molecule has 4 aromatic rings. The van der Waals surface area contributed by atoms with Crippen molar-refractivity contribution in [3.8, 4) is 0 Å². The van der Waals surface area contributed by atoms with E-state index in [9.17, 15) is 4.79 Å². The predicted molar refractivity (Wildman–Crippen MR) is 110 cm³/mol. The third kappa shape index (κ3) is 3.92. The number of hydrogen-bond acceptors (Lipinski definition) is 3. The summed E-state index contributed by atoms with van der Waals surface area (Å²) in [5, 5.41) is 13.1. The molecule has 0 saturated carbocycles. The number of fused-ring (bicyclic) bond motifs is 1. The van der Waals surface area contributed by atoms with Gasteiger partial charge in [0.05, 0.1) is 41.7 Å². The molecule has 2 heterocycles. The Morgan fingerprint density at radius 2 is 1.96 bits per heavy atom. The largest absolute Gasteiger partial charge is 0.323 e. The van der Waals surface area contributed by atoms with Crippen molar-refractivity contribution in [1.82, 2.24) is 19.6 Å². The first-order valence-corrected chi connectivity index (χ1v) is 9.45. The van der Waals surface area contributed by atoms with E-state index in [1.54, 1.807) is 17.1 Å². The number of aromatic nitrogens is 4. The molecule has 6 nitrogen and oxygen atoms in total. The van der Waals surface area contributed by atoms with E-state index in [-0.39, 0.29) is 5.91 Å². The maximum absolute atomic E-state index is 12.3. The normalized spacial score (nSPS) is 11.1. The van der Waals surface area contributed by atoms with E-state index in [4.69, 9.17) is 11.6 Å². The third-order valence-electron chi connectivity index (χ3n) is 4.70. The van der Waals surface area contributed by atoms with Gasteiger partial charge in [-0.3, -0.25) is 14.2 Å². The molecule has 4 rings (SSSR count). The van der Waals surface area contributed by atoms with Crippen LogP contribution in [-0.4, -0.2) is 25.5 Å². The van der Waals surface area contributed by atoms with Crippen LogP contribution in [0, 0.1) is 6.92 Å². The molecular formula is C21H20ClN5O. The predicted octanol–water partition coefficient (Wildman–Crippen LogP) is 4.27. The number of anilines is 1. The summed E-state index contributed by atoms with van der Waals surface area (Å²) in [6.07, 6.45) is 5.55. The number of amides is 1. The monoisotopic (exact) mass is 393 g/mol. The van der Waals surface area contributed by atoms with Gasteiger partial charge in [-0.2, -0.15) is 10.2 Å². The van der Waals surface area contributed by atoms with Gasteiger partial charge >= 0.3 is 0 Å². The molecule has 2 aromatic carbocycles. The number of nitrogens with one attached hydrogen (secondary N) is 1. The van der Waals surface area contributed by atoms with Crippen LogP contribution in [0.4, 0.5) is 5.69 Å². The molecule has 1 amide bonds. The summed E-state index contributed by atoms with van der Waals surface area (Å²) >= 11 is 6.17. The highest BCUT2D eigenvalue weighted by molar-refractivity contribution is 6.35. The summed E-state index contributed by atoms with van der Waals surface area (Å²) in [5.41, 5.74) is 4.03. The molecule has 7 heteroatoms. The zero-order chi connectivity index (χ0) is 19.5. The second-order valence-electron chi connectivity index (χ2n) is 6.69. The lowest BCUT2D eigenvalue weighted by molar-refractivity contribution is -0.116. The number of carbonyl (C=O) groups excluding carboxylic acids is 1. The second kappa shape index (κ2) is 7.86. The van der Waals surface area contributed by atoms with Crippen molar-refractivity contribution in [3.05, 3.63) is 77.2 Å². The lowest BCUT2D eigenvalue weighted by Gasteiger charge is -2.06. The minimum Gasteiger partial charge on any atom is -0.323 e. The van der Waals surface area contributed by atoms with Crippen LogP contribution >= 0.6 is 11.6 Å². The summed E-state index contributed by atoms with van der Waals surface area (Å²) in [7, 11) is 0. The molecule has 142 valence electrons. The molecule has 28 heavy (non-hydrogen) atoms. The van der Waals surface area contributed by atoms with Crippen molar-refractivity contribution in [2.75, 3.05) is 5.32 Å². The summed E-state index contributed by atoms with van der Waals surface area (Å²) < 4.78 is 3.61. The Balaban J connectivity index is 1.36. The highest BCUT2D eigenvalue weighted by Crippen LogP contribution is 2.22. The first kappa shape index (κ1) is 18.3. The minimum atomic E-state index is -0.0823. The fourth-order valence-electron chi connectivity index (χ4n) is 3.15. The molecular weight excluding hydrogens is 374 g/mol. The average molecular weight is 394 g/mol. The van der Waals surface area contributed by atoms with E-state index >= 15 is 0 Å². The van der Waals surface area contributed by atoms with Crippen molar-refractivity contribution in [2.45, 2.75) is 26.4 Å².